The number of nitrogens with one attached hydrogen (secondary N) is 1. The maximum Gasteiger partial charge on any atom is 0.471 e. The van der Waals surface area contributed by atoms with Crippen LogP contribution in [-0.4, -0.2) is 37.9 Å². The maximum absolute atomic E-state index is 12.1. The standard InChI is InChI=1S/C13H14F3NO4/c1-2-20-6-7-21-11(18)9-4-3-5-10(8-9)17-12(19)13(14,15)16/h3-5,8H,2,6-7H2,1H3,(H,17,19). The molecule has 1 rings (SSSR count). The molecule has 0 heterocycles. The van der Waals surface area contributed by atoms with Gasteiger partial charge in [-0.3, -0.25) is 4.79 Å². The number of carbonyl (C=O) groups is 2. The average molecular weight is 305 g/mol. The summed E-state index contributed by atoms with van der Waals surface area (Å²) in [5.41, 5.74) is -0.108. The van der Waals surface area contributed by atoms with Gasteiger partial charge in [-0.2, -0.15) is 13.2 Å². The Labute approximate surface area is 119 Å². The molecule has 0 atom stereocenters. The third kappa shape index (κ3) is 5.82. The van der Waals surface area contributed by atoms with Crippen molar-refractivity contribution >= 4 is 17.6 Å². The summed E-state index contributed by atoms with van der Waals surface area (Å²) in [7, 11) is 0. The van der Waals surface area contributed by atoms with E-state index in [-0.39, 0.29) is 24.5 Å². The zero-order chi connectivity index (χ0) is 15.9. The molecule has 0 unspecified atom stereocenters. The van der Waals surface area contributed by atoms with Crippen molar-refractivity contribution in [3.8, 4) is 0 Å². The Morgan fingerprint density at radius 2 is 1.95 bits per heavy atom. The molecule has 116 valence electrons. The molecule has 0 aliphatic heterocycles. The number of carbonyl (C=O) groups excluding carboxylic acids is 2. The number of anilines is 1. The third-order valence-corrected chi connectivity index (χ3v) is 2.28. The highest BCUT2D eigenvalue weighted by atomic mass is 19.4. The van der Waals surface area contributed by atoms with Gasteiger partial charge in [-0.15, -0.1) is 0 Å². The topological polar surface area (TPSA) is 64.6 Å². The normalized spacial score (nSPS) is 11.0. The van der Waals surface area contributed by atoms with Gasteiger partial charge in [-0.05, 0) is 25.1 Å². The van der Waals surface area contributed by atoms with E-state index in [0.717, 1.165) is 6.07 Å². The zero-order valence-corrected chi connectivity index (χ0v) is 11.2. The van der Waals surface area contributed by atoms with Crippen LogP contribution in [0.1, 0.15) is 17.3 Å². The second-order valence-electron chi connectivity index (χ2n) is 3.87. The van der Waals surface area contributed by atoms with Crippen LogP contribution in [0.4, 0.5) is 18.9 Å². The van der Waals surface area contributed by atoms with E-state index in [9.17, 15) is 22.8 Å². The fraction of sp³-hybridized carbons (Fsp3) is 0.385. The van der Waals surface area contributed by atoms with Crippen molar-refractivity contribution < 1.29 is 32.2 Å². The van der Waals surface area contributed by atoms with Crippen LogP contribution in [-0.2, 0) is 14.3 Å². The average Bonchev–Trinajstić information content (AvgIpc) is 2.42. The van der Waals surface area contributed by atoms with Gasteiger partial charge in [0.15, 0.2) is 0 Å². The lowest BCUT2D eigenvalue weighted by Gasteiger charge is -2.09. The first-order chi connectivity index (χ1) is 9.84. The van der Waals surface area contributed by atoms with Crippen LogP contribution in [0.3, 0.4) is 0 Å². The minimum Gasteiger partial charge on any atom is -0.460 e. The molecule has 1 amide bonds. The molecule has 0 radical (unpaired) electrons. The highest BCUT2D eigenvalue weighted by Gasteiger charge is 2.38. The Kier molecular flexibility index (Phi) is 6.16. The van der Waals surface area contributed by atoms with E-state index in [2.05, 4.69) is 0 Å². The summed E-state index contributed by atoms with van der Waals surface area (Å²) in [6.45, 7) is 2.53. The van der Waals surface area contributed by atoms with Gasteiger partial charge in [0, 0.05) is 12.3 Å². The van der Waals surface area contributed by atoms with Crippen molar-refractivity contribution in [1.82, 2.24) is 0 Å². The molecule has 21 heavy (non-hydrogen) atoms. The van der Waals surface area contributed by atoms with E-state index in [1.807, 2.05) is 0 Å². The quantitative estimate of drug-likeness (QED) is 0.647. The Hall–Kier alpha value is -2.09. The van der Waals surface area contributed by atoms with E-state index >= 15 is 0 Å². The summed E-state index contributed by atoms with van der Waals surface area (Å²) < 4.78 is 46.2. The molecule has 0 aliphatic rings. The van der Waals surface area contributed by atoms with Crippen LogP contribution in [0, 0.1) is 0 Å². The SMILES string of the molecule is CCOCCOC(=O)c1cccc(NC(=O)C(F)(F)F)c1. The van der Waals surface area contributed by atoms with Gasteiger partial charge in [-0.25, -0.2) is 4.79 Å². The summed E-state index contributed by atoms with van der Waals surface area (Å²) in [5, 5.41) is 1.66. The number of amides is 1. The molecule has 0 spiro atoms. The summed E-state index contributed by atoms with van der Waals surface area (Å²) in [4.78, 5) is 22.4. The molecular formula is C13H14F3NO4. The number of hydrogen-bond donors (Lipinski definition) is 1. The van der Waals surface area contributed by atoms with E-state index in [4.69, 9.17) is 9.47 Å². The third-order valence-electron chi connectivity index (χ3n) is 2.28. The number of alkyl halides is 3. The van der Waals surface area contributed by atoms with E-state index < -0.39 is 18.1 Å². The zero-order valence-electron chi connectivity index (χ0n) is 11.2. The summed E-state index contributed by atoms with van der Waals surface area (Å²) >= 11 is 0. The molecule has 0 aromatic heterocycles. The molecule has 5 nitrogen and oxygen atoms in total. The van der Waals surface area contributed by atoms with Gasteiger partial charge < -0.3 is 14.8 Å². The highest BCUT2D eigenvalue weighted by Crippen LogP contribution is 2.19. The predicted molar refractivity (Wildman–Crippen MR) is 67.9 cm³/mol. The van der Waals surface area contributed by atoms with Crippen LogP contribution >= 0.6 is 0 Å². The Bertz CT molecular complexity index is 502. The van der Waals surface area contributed by atoms with Crippen LogP contribution in [0.25, 0.3) is 0 Å². The van der Waals surface area contributed by atoms with E-state index in [0.29, 0.717) is 6.61 Å². The minimum absolute atomic E-state index is 0.0335. The van der Waals surface area contributed by atoms with Crippen molar-refractivity contribution in [2.45, 2.75) is 13.1 Å². The molecule has 0 saturated carbocycles. The molecule has 0 saturated heterocycles. The summed E-state index contributed by atoms with van der Waals surface area (Å²) in [6.07, 6.45) is -4.99. The van der Waals surface area contributed by atoms with Gasteiger partial charge in [-0.1, -0.05) is 6.07 Å². The lowest BCUT2D eigenvalue weighted by molar-refractivity contribution is -0.167. The summed E-state index contributed by atoms with van der Waals surface area (Å²) in [6, 6.07) is 5.05. The van der Waals surface area contributed by atoms with Gasteiger partial charge in [0.25, 0.3) is 0 Å². The molecule has 1 aromatic carbocycles. The Morgan fingerprint density at radius 3 is 2.57 bits per heavy atom. The monoisotopic (exact) mass is 305 g/mol. The van der Waals surface area contributed by atoms with Gasteiger partial charge in [0.1, 0.15) is 6.61 Å². The number of benzene rings is 1. The van der Waals surface area contributed by atoms with Crippen LogP contribution in [0.5, 0.6) is 0 Å². The molecule has 1 N–H and O–H groups in total. The highest BCUT2D eigenvalue weighted by molar-refractivity contribution is 5.97. The number of ether oxygens (including phenoxy) is 2. The van der Waals surface area contributed by atoms with Crippen molar-refractivity contribution in [1.29, 1.82) is 0 Å². The number of esters is 1. The van der Waals surface area contributed by atoms with Crippen molar-refractivity contribution in [2.75, 3.05) is 25.1 Å². The molecule has 1 aromatic rings. The lowest BCUT2D eigenvalue weighted by atomic mass is 10.2. The number of rotatable bonds is 6. The number of halogens is 3. The minimum atomic E-state index is -4.99. The van der Waals surface area contributed by atoms with Gasteiger partial charge in [0.05, 0.1) is 12.2 Å². The van der Waals surface area contributed by atoms with Crippen molar-refractivity contribution in [3.63, 3.8) is 0 Å². The molecular weight excluding hydrogens is 291 g/mol. The van der Waals surface area contributed by atoms with Crippen molar-refractivity contribution in [3.05, 3.63) is 29.8 Å². The van der Waals surface area contributed by atoms with Crippen LogP contribution in [0.2, 0.25) is 0 Å². The van der Waals surface area contributed by atoms with E-state index in [1.54, 1.807) is 12.2 Å². The molecule has 0 fully saturated rings. The summed E-state index contributed by atoms with van der Waals surface area (Å²) in [5.74, 6) is -2.82. The first kappa shape index (κ1) is 17.0. The number of hydrogen-bond acceptors (Lipinski definition) is 4. The molecule has 8 heteroatoms. The Balaban J connectivity index is 2.63. The fourth-order valence-corrected chi connectivity index (χ4v) is 1.35. The Morgan fingerprint density at radius 1 is 1.24 bits per heavy atom. The fourth-order valence-electron chi connectivity index (χ4n) is 1.35. The predicted octanol–water partition coefficient (Wildman–Crippen LogP) is 2.38. The molecule has 0 aliphatic carbocycles. The first-order valence-corrected chi connectivity index (χ1v) is 6.07. The lowest BCUT2D eigenvalue weighted by Crippen LogP contribution is -2.30. The van der Waals surface area contributed by atoms with Crippen LogP contribution < -0.4 is 5.32 Å². The van der Waals surface area contributed by atoms with Gasteiger partial charge >= 0.3 is 18.1 Å². The van der Waals surface area contributed by atoms with Gasteiger partial charge in [0.2, 0.25) is 0 Å². The molecule has 0 bridgehead atoms. The second kappa shape index (κ2) is 7.63. The smallest absolute Gasteiger partial charge is 0.460 e. The first-order valence-electron chi connectivity index (χ1n) is 6.07. The maximum atomic E-state index is 12.1. The van der Waals surface area contributed by atoms with Crippen molar-refractivity contribution in [2.24, 2.45) is 0 Å². The van der Waals surface area contributed by atoms with Crippen LogP contribution in [0.15, 0.2) is 24.3 Å². The largest absolute Gasteiger partial charge is 0.471 e. The second-order valence-corrected chi connectivity index (χ2v) is 3.87. The van der Waals surface area contributed by atoms with E-state index in [1.165, 1.54) is 18.2 Å².